The Morgan fingerprint density at radius 1 is 0.821 bits per heavy atom. The van der Waals surface area contributed by atoms with Crippen LogP contribution in [0.1, 0.15) is 29.2 Å². The molecular weight excluding hydrogens is 356 g/mol. The summed E-state index contributed by atoms with van der Waals surface area (Å²) in [6, 6.07) is 12.7. The first-order chi connectivity index (χ1) is 13.3. The number of carbonyl (C=O) groups is 4. The maximum Gasteiger partial charge on any atom is 0.285 e. The zero-order valence-electron chi connectivity index (χ0n) is 16.0. The third-order valence-electron chi connectivity index (χ3n) is 5.64. The summed E-state index contributed by atoms with van der Waals surface area (Å²) < 4.78 is 0. The number of β-lactam (4-membered cyclic amide) rings is 4. The average Bonchev–Trinajstić information content (AvgIpc) is 2.69. The van der Waals surface area contributed by atoms with Crippen LogP contribution in [0.5, 0.6) is 0 Å². The van der Waals surface area contributed by atoms with Crippen molar-refractivity contribution in [2.45, 2.75) is 33.7 Å². The Morgan fingerprint density at radius 3 is 2.00 bits per heavy atom. The molecule has 0 N–H and O–H groups in total. The SMILES string of the molecule is CCc1cc(N2C(=O)C3(C(=O)N(Cc4ccccc4)C3=O)C2=O)c(C)cc1C. The van der Waals surface area contributed by atoms with Crippen LogP contribution in [0.4, 0.5) is 5.69 Å². The Bertz CT molecular complexity index is 1010. The number of aryl methyl sites for hydroxylation is 3. The first-order valence-electron chi connectivity index (χ1n) is 9.23. The minimum Gasteiger partial charge on any atom is -0.274 e. The molecule has 2 saturated heterocycles. The molecule has 0 bridgehead atoms. The molecule has 2 aliphatic heterocycles. The Balaban J connectivity index is 1.62. The molecule has 4 rings (SSSR count). The van der Waals surface area contributed by atoms with Gasteiger partial charge in [-0.15, -0.1) is 0 Å². The van der Waals surface area contributed by atoms with Crippen LogP contribution in [0.15, 0.2) is 42.5 Å². The van der Waals surface area contributed by atoms with Gasteiger partial charge in [0.2, 0.25) is 0 Å². The lowest BCUT2D eigenvalue weighted by molar-refractivity contribution is -0.187. The second-order valence-corrected chi connectivity index (χ2v) is 7.30. The monoisotopic (exact) mass is 376 g/mol. The predicted molar refractivity (Wildman–Crippen MR) is 102 cm³/mol. The van der Waals surface area contributed by atoms with E-state index in [1.54, 1.807) is 37.3 Å². The molecular formula is C22H20N2O4. The summed E-state index contributed by atoms with van der Waals surface area (Å²) in [4.78, 5) is 53.0. The van der Waals surface area contributed by atoms with Crippen molar-refractivity contribution in [3.8, 4) is 0 Å². The summed E-state index contributed by atoms with van der Waals surface area (Å²) in [6.07, 6.45) is 0.753. The highest BCUT2D eigenvalue weighted by molar-refractivity contribution is 6.59. The topological polar surface area (TPSA) is 74.8 Å². The molecule has 0 aromatic heterocycles. The van der Waals surface area contributed by atoms with Crippen molar-refractivity contribution in [1.82, 2.24) is 4.90 Å². The van der Waals surface area contributed by atoms with Crippen molar-refractivity contribution in [2.75, 3.05) is 4.90 Å². The Labute approximate surface area is 162 Å². The quantitative estimate of drug-likeness (QED) is 0.606. The molecule has 2 aliphatic rings. The lowest BCUT2D eigenvalue weighted by Crippen LogP contribution is -2.84. The molecule has 6 nitrogen and oxygen atoms in total. The van der Waals surface area contributed by atoms with Crippen molar-refractivity contribution in [1.29, 1.82) is 0 Å². The van der Waals surface area contributed by atoms with E-state index < -0.39 is 29.0 Å². The number of rotatable bonds is 4. The average molecular weight is 376 g/mol. The van der Waals surface area contributed by atoms with Gasteiger partial charge in [0.1, 0.15) is 0 Å². The van der Waals surface area contributed by atoms with Gasteiger partial charge < -0.3 is 0 Å². The van der Waals surface area contributed by atoms with E-state index in [2.05, 4.69) is 0 Å². The van der Waals surface area contributed by atoms with E-state index in [1.165, 1.54) is 0 Å². The molecule has 2 heterocycles. The van der Waals surface area contributed by atoms with Crippen LogP contribution in [0.3, 0.4) is 0 Å². The zero-order chi connectivity index (χ0) is 20.2. The van der Waals surface area contributed by atoms with Gasteiger partial charge in [0.25, 0.3) is 29.0 Å². The maximum atomic E-state index is 12.9. The molecule has 2 aromatic carbocycles. The van der Waals surface area contributed by atoms with Gasteiger partial charge in [-0.1, -0.05) is 43.3 Å². The number of nitrogens with zero attached hydrogens (tertiary/aromatic N) is 2. The maximum absolute atomic E-state index is 12.9. The Hall–Kier alpha value is -3.28. The van der Waals surface area contributed by atoms with Crippen LogP contribution in [-0.2, 0) is 32.1 Å². The minimum atomic E-state index is -2.17. The number of benzene rings is 2. The number of amides is 4. The van der Waals surface area contributed by atoms with Crippen molar-refractivity contribution >= 4 is 29.3 Å². The standard InChI is InChI=1S/C22H20N2O4/c1-4-16-11-17(14(3)10-13(16)2)24-20(27)22(21(24)28)18(25)23(19(22)26)12-15-8-6-5-7-9-15/h5-11H,4,12H2,1-3H3. The van der Waals surface area contributed by atoms with Gasteiger partial charge in [-0.3, -0.25) is 24.1 Å². The number of imide groups is 2. The van der Waals surface area contributed by atoms with E-state index in [9.17, 15) is 19.2 Å². The highest BCUT2D eigenvalue weighted by Gasteiger charge is 2.80. The van der Waals surface area contributed by atoms with E-state index in [-0.39, 0.29) is 6.54 Å². The normalized spacial score (nSPS) is 17.8. The molecule has 142 valence electrons. The first kappa shape index (κ1) is 18.1. The molecule has 1 spiro atoms. The molecule has 6 heteroatoms. The minimum absolute atomic E-state index is 0.0599. The smallest absolute Gasteiger partial charge is 0.274 e. The lowest BCUT2D eigenvalue weighted by Gasteiger charge is -2.52. The summed E-state index contributed by atoms with van der Waals surface area (Å²) in [5, 5.41) is 0. The Kier molecular flexibility index (Phi) is 3.96. The van der Waals surface area contributed by atoms with E-state index in [0.29, 0.717) is 5.69 Å². The van der Waals surface area contributed by atoms with E-state index in [4.69, 9.17) is 0 Å². The molecule has 0 aliphatic carbocycles. The molecule has 2 aromatic rings. The van der Waals surface area contributed by atoms with Gasteiger partial charge in [0, 0.05) is 0 Å². The molecule has 0 atom stereocenters. The fourth-order valence-electron chi connectivity index (χ4n) is 4.00. The van der Waals surface area contributed by atoms with Crippen molar-refractivity contribution in [2.24, 2.45) is 5.41 Å². The zero-order valence-corrected chi connectivity index (χ0v) is 16.0. The molecule has 28 heavy (non-hydrogen) atoms. The van der Waals surface area contributed by atoms with E-state index in [1.807, 2.05) is 26.0 Å². The third kappa shape index (κ3) is 2.14. The van der Waals surface area contributed by atoms with Crippen LogP contribution in [0.2, 0.25) is 0 Å². The lowest BCUT2D eigenvalue weighted by atomic mass is 9.68. The highest BCUT2D eigenvalue weighted by atomic mass is 16.2. The molecule has 0 radical (unpaired) electrons. The molecule has 2 fully saturated rings. The van der Waals surface area contributed by atoms with Crippen LogP contribution in [-0.4, -0.2) is 28.5 Å². The van der Waals surface area contributed by atoms with Crippen LogP contribution in [0, 0.1) is 19.3 Å². The van der Waals surface area contributed by atoms with Crippen molar-refractivity contribution in [3.63, 3.8) is 0 Å². The predicted octanol–water partition coefficient (Wildman–Crippen LogP) is 2.29. The molecule has 4 amide bonds. The molecule has 0 saturated carbocycles. The van der Waals surface area contributed by atoms with Gasteiger partial charge >= 0.3 is 0 Å². The molecule has 0 unspecified atom stereocenters. The Morgan fingerprint density at radius 2 is 1.43 bits per heavy atom. The second kappa shape index (κ2) is 6.12. The van der Waals surface area contributed by atoms with E-state index in [0.717, 1.165) is 38.5 Å². The van der Waals surface area contributed by atoms with Gasteiger partial charge in [-0.05, 0) is 48.6 Å². The number of hydrogen-bond donors (Lipinski definition) is 0. The number of anilines is 1. The number of hydrogen-bond acceptors (Lipinski definition) is 4. The van der Waals surface area contributed by atoms with Crippen molar-refractivity contribution in [3.05, 3.63) is 64.7 Å². The van der Waals surface area contributed by atoms with Crippen LogP contribution < -0.4 is 4.90 Å². The second-order valence-electron chi connectivity index (χ2n) is 7.30. The van der Waals surface area contributed by atoms with Gasteiger partial charge in [-0.2, -0.15) is 0 Å². The van der Waals surface area contributed by atoms with Crippen molar-refractivity contribution < 1.29 is 19.2 Å². The number of carbonyl (C=O) groups excluding carboxylic acids is 4. The summed E-state index contributed by atoms with van der Waals surface area (Å²) in [5.74, 6) is -2.95. The summed E-state index contributed by atoms with van der Waals surface area (Å²) in [7, 11) is 0. The number of likely N-dealkylation sites (tertiary alicyclic amines) is 1. The van der Waals surface area contributed by atoms with Gasteiger partial charge in [0.05, 0.1) is 12.2 Å². The summed E-state index contributed by atoms with van der Waals surface area (Å²) in [6.45, 7) is 5.82. The van der Waals surface area contributed by atoms with Gasteiger partial charge in [-0.25, -0.2) is 4.90 Å². The third-order valence-corrected chi connectivity index (χ3v) is 5.64. The van der Waals surface area contributed by atoms with E-state index >= 15 is 0 Å². The first-order valence-corrected chi connectivity index (χ1v) is 9.23. The summed E-state index contributed by atoms with van der Waals surface area (Å²) >= 11 is 0. The summed E-state index contributed by atoms with van der Waals surface area (Å²) in [5.41, 5.74) is 1.88. The van der Waals surface area contributed by atoms with Gasteiger partial charge in [0.15, 0.2) is 0 Å². The van der Waals surface area contributed by atoms with Crippen LogP contribution >= 0.6 is 0 Å². The largest absolute Gasteiger partial charge is 0.285 e. The van der Waals surface area contributed by atoms with Crippen LogP contribution in [0.25, 0.3) is 0 Å². The highest BCUT2D eigenvalue weighted by Crippen LogP contribution is 2.48. The fraction of sp³-hybridized carbons (Fsp3) is 0.273. The fourth-order valence-corrected chi connectivity index (χ4v) is 4.00.